The van der Waals surface area contributed by atoms with Crippen LogP contribution in [0.25, 0.3) is 0 Å². The predicted molar refractivity (Wildman–Crippen MR) is 109 cm³/mol. The molecule has 0 spiro atoms. The Bertz CT molecular complexity index is 809. The van der Waals surface area contributed by atoms with Crippen LogP contribution in [-0.4, -0.2) is 10.2 Å². The van der Waals surface area contributed by atoms with E-state index >= 15 is 0 Å². The van der Waals surface area contributed by atoms with Gasteiger partial charge in [0.1, 0.15) is 5.76 Å². The molecular formula is C24H30O3. The topological polar surface area (TPSA) is 49.7 Å². The first-order chi connectivity index (χ1) is 12.8. The van der Waals surface area contributed by atoms with E-state index in [2.05, 4.69) is 32.9 Å². The van der Waals surface area contributed by atoms with Crippen molar-refractivity contribution in [2.45, 2.75) is 53.2 Å². The molecule has 2 atom stereocenters. The molecule has 2 aliphatic carbocycles. The summed E-state index contributed by atoms with van der Waals surface area (Å²) in [4.78, 5) is 0. The summed E-state index contributed by atoms with van der Waals surface area (Å²) in [6, 6.07) is 9.45. The number of ether oxygens (including phenoxy) is 1. The Morgan fingerprint density at radius 1 is 1.07 bits per heavy atom. The predicted octanol–water partition coefficient (Wildman–Crippen LogP) is 6.12. The Kier molecular flexibility index (Phi) is 5.61. The van der Waals surface area contributed by atoms with Crippen molar-refractivity contribution in [2.24, 2.45) is 11.3 Å². The van der Waals surface area contributed by atoms with E-state index in [1.807, 2.05) is 43.3 Å². The Balaban J connectivity index is 1.78. The first kappa shape index (κ1) is 19.5. The van der Waals surface area contributed by atoms with Crippen molar-refractivity contribution in [1.82, 2.24) is 0 Å². The highest BCUT2D eigenvalue weighted by atomic mass is 16.6. The Labute approximate surface area is 162 Å². The minimum atomic E-state index is -0.945. The number of allylic oxidation sites excluding steroid dienone is 8. The van der Waals surface area contributed by atoms with E-state index in [0.717, 1.165) is 36.2 Å². The van der Waals surface area contributed by atoms with Gasteiger partial charge in [-0.15, -0.1) is 0 Å². The second kappa shape index (κ2) is 7.77. The summed E-state index contributed by atoms with van der Waals surface area (Å²) >= 11 is 0. The van der Waals surface area contributed by atoms with Crippen molar-refractivity contribution in [3.63, 3.8) is 0 Å². The lowest BCUT2D eigenvalue weighted by molar-refractivity contribution is -0.0767. The van der Waals surface area contributed by atoms with Crippen LogP contribution < -0.4 is 0 Å². The molecule has 0 saturated heterocycles. The SMILES string of the molecule is CC1=C(O)CCC(C(C)(C)C2=CC=C(OC(O)c3ccccc3)C(C)C2)=C1. The number of aliphatic hydroxyl groups is 2. The lowest BCUT2D eigenvalue weighted by Crippen LogP contribution is -2.24. The lowest BCUT2D eigenvalue weighted by Gasteiger charge is -2.36. The quantitative estimate of drug-likeness (QED) is 0.617. The highest BCUT2D eigenvalue weighted by Gasteiger charge is 2.32. The van der Waals surface area contributed by atoms with Crippen molar-refractivity contribution in [3.8, 4) is 0 Å². The number of rotatable bonds is 5. The minimum Gasteiger partial charge on any atom is -0.512 e. The zero-order chi connectivity index (χ0) is 19.6. The molecule has 0 amide bonds. The second-order valence-electron chi connectivity index (χ2n) is 8.17. The first-order valence-corrected chi connectivity index (χ1v) is 9.69. The maximum Gasteiger partial charge on any atom is 0.223 e. The number of benzene rings is 1. The zero-order valence-electron chi connectivity index (χ0n) is 16.7. The molecule has 0 aromatic heterocycles. The van der Waals surface area contributed by atoms with E-state index in [9.17, 15) is 10.2 Å². The van der Waals surface area contributed by atoms with Gasteiger partial charge in [0.25, 0.3) is 0 Å². The smallest absolute Gasteiger partial charge is 0.223 e. The van der Waals surface area contributed by atoms with Crippen LogP contribution in [0.3, 0.4) is 0 Å². The van der Waals surface area contributed by atoms with Gasteiger partial charge in [0.05, 0.1) is 5.76 Å². The monoisotopic (exact) mass is 366 g/mol. The van der Waals surface area contributed by atoms with Crippen molar-refractivity contribution in [3.05, 3.63) is 82.4 Å². The maximum absolute atomic E-state index is 10.4. The van der Waals surface area contributed by atoms with Crippen LogP contribution in [0, 0.1) is 11.3 Å². The molecule has 0 bridgehead atoms. The van der Waals surface area contributed by atoms with Gasteiger partial charge in [-0.25, -0.2) is 0 Å². The summed E-state index contributed by atoms with van der Waals surface area (Å²) in [7, 11) is 0. The van der Waals surface area contributed by atoms with Gasteiger partial charge in [0.2, 0.25) is 6.29 Å². The van der Waals surface area contributed by atoms with Crippen LogP contribution >= 0.6 is 0 Å². The second-order valence-corrected chi connectivity index (χ2v) is 8.17. The molecule has 144 valence electrons. The van der Waals surface area contributed by atoms with Crippen LogP contribution in [-0.2, 0) is 4.74 Å². The fourth-order valence-corrected chi connectivity index (χ4v) is 3.85. The van der Waals surface area contributed by atoms with Crippen LogP contribution in [0.1, 0.15) is 58.8 Å². The highest BCUT2D eigenvalue weighted by molar-refractivity contribution is 5.40. The molecule has 2 aliphatic rings. The molecule has 3 rings (SSSR count). The summed E-state index contributed by atoms with van der Waals surface area (Å²) in [6.07, 6.45) is 7.84. The molecule has 1 aromatic rings. The largest absolute Gasteiger partial charge is 0.512 e. The third kappa shape index (κ3) is 4.19. The normalized spacial score (nSPS) is 22.0. The number of aliphatic hydroxyl groups excluding tert-OH is 2. The third-order valence-corrected chi connectivity index (χ3v) is 5.88. The van der Waals surface area contributed by atoms with Crippen molar-refractivity contribution in [1.29, 1.82) is 0 Å². The summed E-state index contributed by atoms with van der Waals surface area (Å²) in [5.41, 5.74) is 4.39. The van der Waals surface area contributed by atoms with Crippen LogP contribution in [0.15, 0.2) is 76.8 Å². The lowest BCUT2D eigenvalue weighted by atomic mass is 9.69. The maximum atomic E-state index is 10.4. The van der Waals surface area contributed by atoms with E-state index in [1.54, 1.807) is 0 Å². The Morgan fingerprint density at radius 2 is 1.78 bits per heavy atom. The van der Waals surface area contributed by atoms with E-state index in [4.69, 9.17) is 4.74 Å². The summed E-state index contributed by atoms with van der Waals surface area (Å²) in [5.74, 6) is 1.53. The highest BCUT2D eigenvalue weighted by Crippen LogP contribution is 2.45. The molecule has 0 aliphatic heterocycles. The fourth-order valence-electron chi connectivity index (χ4n) is 3.85. The molecule has 1 aromatic carbocycles. The zero-order valence-corrected chi connectivity index (χ0v) is 16.7. The van der Waals surface area contributed by atoms with Crippen LogP contribution in [0.4, 0.5) is 0 Å². The number of hydrogen-bond donors (Lipinski definition) is 2. The van der Waals surface area contributed by atoms with E-state index in [0.29, 0.717) is 5.76 Å². The van der Waals surface area contributed by atoms with Crippen LogP contribution in [0.2, 0.25) is 0 Å². The summed E-state index contributed by atoms with van der Waals surface area (Å²) in [5, 5.41) is 20.2. The van der Waals surface area contributed by atoms with E-state index < -0.39 is 6.29 Å². The standard InChI is InChI=1S/C24H30O3/c1-16-14-19(10-12-21(16)25)24(3,4)20-11-13-22(17(2)15-20)27-23(26)18-8-6-5-7-9-18/h5-9,11,13-14,17,23,25-26H,10,12,15H2,1-4H3. The van der Waals surface area contributed by atoms with Crippen LogP contribution in [0.5, 0.6) is 0 Å². The Morgan fingerprint density at radius 3 is 2.41 bits per heavy atom. The molecule has 3 heteroatoms. The van der Waals surface area contributed by atoms with Gasteiger partial charge in [-0.2, -0.15) is 0 Å². The van der Waals surface area contributed by atoms with Gasteiger partial charge in [-0.1, -0.05) is 74.4 Å². The minimum absolute atomic E-state index is 0.0592. The van der Waals surface area contributed by atoms with E-state index in [1.165, 1.54) is 11.1 Å². The molecule has 0 heterocycles. The van der Waals surface area contributed by atoms with Gasteiger partial charge in [-0.3, -0.25) is 0 Å². The summed E-state index contributed by atoms with van der Waals surface area (Å²) in [6.45, 7) is 8.62. The molecule has 0 radical (unpaired) electrons. The molecule has 2 unspecified atom stereocenters. The van der Waals surface area contributed by atoms with Gasteiger partial charge >= 0.3 is 0 Å². The van der Waals surface area contributed by atoms with E-state index in [-0.39, 0.29) is 11.3 Å². The molecule has 0 saturated carbocycles. The molecule has 3 nitrogen and oxygen atoms in total. The molecular weight excluding hydrogens is 336 g/mol. The third-order valence-electron chi connectivity index (χ3n) is 5.88. The molecule has 27 heavy (non-hydrogen) atoms. The molecule has 2 N–H and O–H groups in total. The van der Waals surface area contributed by atoms with Gasteiger partial charge < -0.3 is 14.9 Å². The van der Waals surface area contributed by atoms with Gasteiger partial charge in [0.15, 0.2) is 0 Å². The van der Waals surface area contributed by atoms with Crippen molar-refractivity contribution in [2.75, 3.05) is 0 Å². The fraction of sp³-hybridized carbons (Fsp3) is 0.417. The first-order valence-electron chi connectivity index (χ1n) is 9.69. The van der Waals surface area contributed by atoms with Crippen molar-refractivity contribution < 1.29 is 14.9 Å². The Hall–Kier alpha value is -2.26. The average molecular weight is 367 g/mol. The number of hydrogen-bond acceptors (Lipinski definition) is 3. The summed E-state index contributed by atoms with van der Waals surface area (Å²) < 4.78 is 5.84. The van der Waals surface area contributed by atoms with Crippen molar-refractivity contribution >= 4 is 0 Å². The van der Waals surface area contributed by atoms with Gasteiger partial charge in [0, 0.05) is 23.3 Å². The van der Waals surface area contributed by atoms with Gasteiger partial charge in [-0.05, 0) is 31.4 Å². The average Bonchev–Trinajstić information content (AvgIpc) is 2.66. The molecule has 0 fully saturated rings.